The van der Waals surface area contributed by atoms with Crippen molar-refractivity contribution in [1.29, 1.82) is 0 Å². The Labute approximate surface area is 104 Å². The van der Waals surface area contributed by atoms with E-state index in [4.69, 9.17) is 5.11 Å². The number of nitrogens with one attached hydrogen (secondary N) is 2. The highest BCUT2D eigenvalue weighted by Gasteiger charge is 2.28. The molecule has 7 nitrogen and oxygen atoms in total. The van der Waals surface area contributed by atoms with Gasteiger partial charge in [-0.2, -0.15) is 5.10 Å². The third-order valence-corrected chi connectivity index (χ3v) is 3.14. The largest absolute Gasteiger partial charge is 0.478 e. The van der Waals surface area contributed by atoms with Crippen LogP contribution < -0.4 is 10.6 Å². The van der Waals surface area contributed by atoms with Crippen LogP contribution >= 0.6 is 0 Å². The standard InChI is InChI=1S/C11H16N4O3/c1-3-7-4-9(16)14-11(13-7)15-6(2)8(5-12-15)10(17)18/h5,7,11,13H,3-4H2,1-2H3,(H,14,16)(H,17,18). The van der Waals surface area contributed by atoms with Crippen molar-refractivity contribution in [2.75, 3.05) is 0 Å². The lowest BCUT2D eigenvalue weighted by molar-refractivity contribution is -0.125. The quantitative estimate of drug-likeness (QED) is 0.715. The fraction of sp³-hybridized carbons (Fsp3) is 0.545. The Morgan fingerprint density at radius 2 is 2.39 bits per heavy atom. The summed E-state index contributed by atoms with van der Waals surface area (Å²) in [5.41, 5.74) is 0.654. The van der Waals surface area contributed by atoms with Crippen molar-refractivity contribution < 1.29 is 14.7 Å². The van der Waals surface area contributed by atoms with Gasteiger partial charge in [0.2, 0.25) is 5.91 Å². The first kappa shape index (κ1) is 12.6. The van der Waals surface area contributed by atoms with Crippen LogP contribution in [0.3, 0.4) is 0 Å². The Morgan fingerprint density at radius 3 is 2.94 bits per heavy atom. The highest BCUT2D eigenvalue weighted by Crippen LogP contribution is 2.15. The van der Waals surface area contributed by atoms with Gasteiger partial charge in [0, 0.05) is 12.5 Å². The molecule has 2 unspecified atom stereocenters. The van der Waals surface area contributed by atoms with Crippen LogP contribution in [-0.4, -0.2) is 32.8 Å². The zero-order chi connectivity index (χ0) is 13.3. The smallest absolute Gasteiger partial charge is 0.339 e. The fourth-order valence-corrected chi connectivity index (χ4v) is 2.05. The molecule has 1 saturated heterocycles. The lowest BCUT2D eigenvalue weighted by Gasteiger charge is -2.31. The Morgan fingerprint density at radius 1 is 1.67 bits per heavy atom. The summed E-state index contributed by atoms with van der Waals surface area (Å²) >= 11 is 0. The van der Waals surface area contributed by atoms with E-state index in [0.29, 0.717) is 12.1 Å². The minimum absolute atomic E-state index is 0.0580. The molecule has 0 aromatic carbocycles. The van der Waals surface area contributed by atoms with E-state index in [-0.39, 0.29) is 17.5 Å². The molecule has 1 aromatic rings. The number of aromatic nitrogens is 2. The van der Waals surface area contributed by atoms with Crippen molar-refractivity contribution in [3.05, 3.63) is 17.5 Å². The molecule has 18 heavy (non-hydrogen) atoms. The Hall–Kier alpha value is -1.89. The van der Waals surface area contributed by atoms with Gasteiger partial charge in [-0.1, -0.05) is 6.92 Å². The molecule has 7 heteroatoms. The molecule has 0 bridgehead atoms. The summed E-state index contributed by atoms with van der Waals surface area (Å²) in [6, 6.07) is 0.0839. The van der Waals surface area contributed by atoms with Crippen LogP contribution in [0.1, 0.15) is 42.1 Å². The summed E-state index contributed by atoms with van der Waals surface area (Å²) in [6.07, 6.45) is 2.07. The molecule has 1 amide bonds. The topological polar surface area (TPSA) is 96.2 Å². The van der Waals surface area contributed by atoms with E-state index in [1.54, 1.807) is 6.92 Å². The Kier molecular flexibility index (Phi) is 3.33. The van der Waals surface area contributed by atoms with Gasteiger partial charge < -0.3 is 10.4 Å². The van der Waals surface area contributed by atoms with Crippen LogP contribution in [0.25, 0.3) is 0 Å². The van der Waals surface area contributed by atoms with Crippen LogP contribution in [0.4, 0.5) is 0 Å². The predicted octanol–water partition coefficient (Wildman–Crippen LogP) is 0.234. The highest BCUT2D eigenvalue weighted by molar-refractivity contribution is 5.88. The molecule has 1 aromatic heterocycles. The number of aromatic carboxylic acids is 1. The van der Waals surface area contributed by atoms with Crippen molar-refractivity contribution in [2.24, 2.45) is 0 Å². The van der Waals surface area contributed by atoms with Crippen LogP contribution in [0.5, 0.6) is 0 Å². The van der Waals surface area contributed by atoms with E-state index in [0.717, 1.165) is 6.42 Å². The van der Waals surface area contributed by atoms with E-state index < -0.39 is 12.3 Å². The van der Waals surface area contributed by atoms with Crippen molar-refractivity contribution in [2.45, 2.75) is 39.0 Å². The van der Waals surface area contributed by atoms with Crippen LogP contribution in [0.15, 0.2) is 6.20 Å². The summed E-state index contributed by atoms with van der Waals surface area (Å²) in [5.74, 6) is -1.08. The second kappa shape index (κ2) is 4.77. The second-order valence-corrected chi connectivity index (χ2v) is 4.34. The maximum absolute atomic E-state index is 11.6. The van der Waals surface area contributed by atoms with Crippen molar-refractivity contribution in [3.8, 4) is 0 Å². The number of carboxylic acids is 1. The molecule has 0 aliphatic carbocycles. The predicted molar refractivity (Wildman–Crippen MR) is 62.9 cm³/mol. The number of hydrogen-bond donors (Lipinski definition) is 3. The molecule has 1 aliphatic heterocycles. The van der Waals surface area contributed by atoms with E-state index in [1.165, 1.54) is 10.9 Å². The van der Waals surface area contributed by atoms with E-state index in [1.807, 2.05) is 6.92 Å². The number of carbonyl (C=O) groups is 2. The molecule has 1 aliphatic rings. The molecule has 2 rings (SSSR count). The van der Waals surface area contributed by atoms with Gasteiger partial charge in [-0.25, -0.2) is 9.48 Å². The number of amides is 1. The first-order valence-corrected chi connectivity index (χ1v) is 5.85. The molecule has 0 radical (unpaired) electrons. The van der Waals surface area contributed by atoms with Gasteiger partial charge >= 0.3 is 5.97 Å². The monoisotopic (exact) mass is 252 g/mol. The third-order valence-electron chi connectivity index (χ3n) is 3.14. The molecule has 3 N–H and O–H groups in total. The van der Waals surface area contributed by atoms with Crippen LogP contribution in [-0.2, 0) is 4.79 Å². The maximum atomic E-state index is 11.6. The Bertz CT molecular complexity index is 483. The van der Waals surface area contributed by atoms with E-state index in [2.05, 4.69) is 15.7 Å². The second-order valence-electron chi connectivity index (χ2n) is 4.34. The van der Waals surface area contributed by atoms with Gasteiger partial charge in [-0.15, -0.1) is 0 Å². The summed E-state index contributed by atoms with van der Waals surface area (Å²) < 4.78 is 1.49. The Balaban J connectivity index is 2.25. The first-order chi connectivity index (χ1) is 8.52. The van der Waals surface area contributed by atoms with Gasteiger partial charge in [-0.3, -0.25) is 10.1 Å². The number of carbonyl (C=O) groups excluding carboxylic acids is 1. The number of hydrogen-bond acceptors (Lipinski definition) is 4. The van der Waals surface area contributed by atoms with Gasteiger partial charge in [0.25, 0.3) is 0 Å². The van der Waals surface area contributed by atoms with Gasteiger partial charge in [-0.05, 0) is 13.3 Å². The molecular weight excluding hydrogens is 236 g/mol. The lowest BCUT2D eigenvalue weighted by Crippen LogP contribution is -2.53. The van der Waals surface area contributed by atoms with Gasteiger partial charge in [0.15, 0.2) is 6.29 Å². The summed E-state index contributed by atoms with van der Waals surface area (Å²) in [6.45, 7) is 3.66. The summed E-state index contributed by atoms with van der Waals surface area (Å²) in [7, 11) is 0. The molecule has 2 heterocycles. The summed E-state index contributed by atoms with van der Waals surface area (Å²) in [4.78, 5) is 22.5. The number of carboxylic acid groups (broad SMARTS) is 1. The molecule has 0 spiro atoms. The minimum Gasteiger partial charge on any atom is -0.478 e. The van der Waals surface area contributed by atoms with Crippen molar-refractivity contribution in [1.82, 2.24) is 20.4 Å². The zero-order valence-electron chi connectivity index (χ0n) is 10.3. The van der Waals surface area contributed by atoms with Crippen molar-refractivity contribution in [3.63, 3.8) is 0 Å². The van der Waals surface area contributed by atoms with E-state index >= 15 is 0 Å². The average molecular weight is 252 g/mol. The van der Waals surface area contributed by atoms with Crippen LogP contribution in [0.2, 0.25) is 0 Å². The highest BCUT2D eigenvalue weighted by atomic mass is 16.4. The minimum atomic E-state index is -1.02. The number of rotatable bonds is 3. The van der Waals surface area contributed by atoms with Crippen LogP contribution in [0, 0.1) is 6.92 Å². The summed E-state index contributed by atoms with van der Waals surface area (Å²) in [5, 5.41) is 19.0. The van der Waals surface area contributed by atoms with E-state index in [9.17, 15) is 9.59 Å². The van der Waals surface area contributed by atoms with Crippen molar-refractivity contribution >= 4 is 11.9 Å². The molecular formula is C11H16N4O3. The molecule has 2 atom stereocenters. The average Bonchev–Trinajstić information content (AvgIpc) is 2.70. The SMILES string of the molecule is CCC1CC(=O)NC(n2ncc(C(=O)O)c2C)N1. The lowest BCUT2D eigenvalue weighted by atomic mass is 10.1. The first-order valence-electron chi connectivity index (χ1n) is 5.85. The maximum Gasteiger partial charge on any atom is 0.339 e. The normalized spacial score (nSPS) is 23.8. The molecule has 1 fully saturated rings. The molecule has 0 saturated carbocycles. The number of nitrogens with zero attached hydrogens (tertiary/aromatic N) is 2. The third kappa shape index (κ3) is 2.21. The van der Waals surface area contributed by atoms with Gasteiger partial charge in [0.1, 0.15) is 5.56 Å². The zero-order valence-corrected chi connectivity index (χ0v) is 10.3. The van der Waals surface area contributed by atoms with Gasteiger partial charge in [0.05, 0.1) is 11.9 Å². The molecule has 98 valence electrons. The fourth-order valence-electron chi connectivity index (χ4n) is 2.05.